The molecule has 0 aliphatic carbocycles. The second kappa shape index (κ2) is 7.24. The van der Waals surface area contributed by atoms with Crippen LogP contribution in [0, 0.1) is 0 Å². The third kappa shape index (κ3) is 3.76. The molecule has 0 saturated carbocycles. The summed E-state index contributed by atoms with van der Waals surface area (Å²) in [7, 11) is 0. The molecule has 0 amide bonds. The van der Waals surface area contributed by atoms with Crippen LogP contribution in [0.1, 0.15) is 52.9 Å². The van der Waals surface area contributed by atoms with Gasteiger partial charge in [0.25, 0.3) is 0 Å². The summed E-state index contributed by atoms with van der Waals surface area (Å²) >= 11 is 0. The first-order valence-electron chi connectivity index (χ1n) is 6.80. The molecule has 1 aliphatic heterocycles. The second-order valence-electron chi connectivity index (χ2n) is 4.67. The van der Waals surface area contributed by atoms with Gasteiger partial charge in [-0.15, -0.1) is 0 Å². The van der Waals surface area contributed by atoms with E-state index in [1.165, 1.54) is 45.2 Å². The lowest BCUT2D eigenvalue weighted by Gasteiger charge is -2.34. The van der Waals surface area contributed by atoms with Gasteiger partial charge in [-0.1, -0.05) is 27.2 Å². The fraction of sp³-hybridized carbons (Fsp3) is 1.00. The smallest absolute Gasteiger partial charge is 0.0246 e. The number of nitrogens with one attached hydrogen (secondary N) is 1. The minimum atomic E-state index is 0.711. The number of hydrogen-bond donors (Lipinski definition) is 1. The highest BCUT2D eigenvalue weighted by Gasteiger charge is 2.26. The zero-order valence-corrected chi connectivity index (χ0v) is 10.8. The number of hydrogen-bond acceptors (Lipinski definition) is 2. The maximum absolute atomic E-state index is 3.67. The van der Waals surface area contributed by atoms with Gasteiger partial charge in [0, 0.05) is 12.1 Å². The van der Waals surface area contributed by atoms with Gasteiger partial charge >= 0.3 is 0 Å². The van der Waals surface area contributed by atoms with E-state index >= 15 is 0 Å². The van der Waals surface area contributed by atoms with E-state index < -0.39 is 0 Å². The lowest BCUT2D eigenvalue weighted by molar-refractivity contribution is 0.179. The lowest BCUT2D eigenvalue weighted by atomic mass is 9.99. The van der Waals surface area contributed by atoms with Crippen molar-refractivity contribution < 1.29 is 0 Å². The number of likely N-dealkylation sites (tertiary alicyclic amines) is 1. The first-order chi connectivity index (χ1) is 7.33. The van der Waals surface area contributed by atoms with Crippen molar-refractivity contribution in [1.82, 2.24) is 10.2 Å². The Labute approximate surface area is 95.4 Å². The van der Waals surface area contributed by atoms with Crippen LogP contribution in [-0.2, 0) is 0 Å². The van der Waals surface area contributed by atoms with Crippen LogP contribution in [0.4, 0.5) is 0 Å². The van der Waals surface area contributed by atoms with Gasteiger partial charge in [0.05, 0.1) is 0 Å². The van der Waals surface area contributed by atoms with Crippen LogP contribution in [0.25, 0.3) is 0 Å². The van der Waals surface area contributed by atoms with Crippen LogP contribution in [0.15, 0.2) is 0 Å². The summed E-state index contributed by atoms with van der Waals surface area (Å²) in [6.07, 6.45) is 6.71. The van der Waals surface area contributed by atoms with Gasteiger partial charge < -0.3 is 5.32 Å². The van der Waals surface area contributed by atoms with Crippen molar-refractivity contribution in [2.24, 2.45) is 0 Å². The highest BCUT2D eigenvalue weighted by atomic mass is 15.2. The zero-order chi connectivity index (χ0) is 11.1. The maximum atomic E-state index is 3.67. The first kappa shape index (κ1) is 13.0. The second-order valence-corrected chi connectivity index (χ2v) is 4.67. The van der Waals surface area contributed by atoms with Gasteiger partial charge in [-0.2, -0.15) is 0 Å². The van der Waals surface area contributed by atoms with Crippen LogP contribution in [-0.4, -0.2) is 36.6 Å². The number of rotatable bonds is 7. The first-order valence-corrected chi connectivity index (χ1v) is 6.80. The number of likely N-dealkylation sites (N-methyl/N-ethyl adjacent to an activating group) is 1. The van der Waals surface area contributed by atoms with Crippen molar-refractivity contribution in [2.75, 3.05) is 19.6 Å². The fourth-order valence-electron chi connectivity index (χ4n) is 2.87. The molecule has 0 aromatic rings. The predicted octanol–water partition coefficient (Wildman–Crippen LogP) is 2.64. The van der Waals surface area contributed by atoms with Gasteiger partial charge in [-0.25, -0.2) is 0 Å². The molecule has 2 nitrogen and oxygen atoms in total. The standard InChI is InChI=1S/C13H28N2/c1-4-9-12(14-6-3)13(5-2)15-10-7-8-11-15/h12-14H,4-11H2,1-3H3. The van der Waals surface area contributed by atoms with E-state index in [4.69, 9.17) is 0 Å². The van der Waals surface area contributed by atoms with E-state index in [9.17, 15) is 0 Å². The molecule has 0 aromatic carbocycles. The van der Waals surface area contributed by atoms with Gasteiger partial charge in [-0.3, -0.25) is 4.90 Å². The Balaban J connectivity index is 2.50. The molecular weight excluding hydrogens is 184 g/mol. The maximum Gasteiger partial charge on any atom is 0.0246 e. The molecule has 1 fully saturated rings. The Hall–Kier alpha value is -0.0800. The summed E-state index contributed by atoms with van der Waals surface area (Å²) in [5, 5.41) is 3.67. The normalized spacial score (nSPS) is 21.8. The lowest BCUT2D eigenvalue weighted by Crippen LogP contribution is -2.48. The SMILES string of the molecule is CCCC(NCC)C(CC)N1CCCC1. The predicted molar refractivity (Wildman–Crippen MR) is 67.3 cm³/mol. The Morgan fingerprint density at radius 2 is 1.80 bits per heavy atom. The summed E-state index contributed by atoms with van der Waals surface area (Å²) in [5.41, 5.74) is 0. The van der Waals surface area contributed by atoms with E-state index in [0.717, 1.165) is 12.6 Å². The summed E-state index contributed by atoms with van der Waals surface area (Å²) < 4.78 is 0. The van der Waals surface area contributed by atoms with Crippen molar-refractivity contribution in [2.45, 2.75) is 65.0 Å². The van der Waals surface area contributed by atoms with Crippen LogP contribution >= 0.6 is 0 Å². The molecule has 1 heterocycles. The number of nitrogens with zero attached hydrogens (tertiary/aromatic N) is 1. The van der Waals surface area contributed by atoms with Crippen LogP contribution < -0.4 is 5.32 Å². The third-order valence-corrected chi connectivity index (χ3v) is 3.56. The molecule has 0 radical (unpaired) electrons. The summed E-state index contributed by atoms with van der Waals surface area (Å²) in [6, 6.07) is 1.48. The minimum absolute atomic E-state index is 0.711. The van der Waals surface area contributed by atoms with Crippen molar-refractivity contribution in [3.05, 3.63) is 0 Å². The molecule has 1 saturated heterocycles. The molecule has 0 spiro atoms. The average molecular weight is 212 g/mol. The molecule has 2 heteroatoms. The molecule has 15 heavy (non-hydrogen) atoms. The van der Waals surface area contributed by atoms with Crippen LogP contribution in [0.2, 0.25) is 0 Å². The Morgan fingerprint density at radius 1 is 1.13 bits per heavy atom. The largest absolute Gasteiger partial charge is 0.313 e. The van der Waals surface area contributed by atoms with E-state index in [0.29, 0.717) is 6.04 Å². The molecule has 90 valence electrons. The molecule has 1 rings (SSSR count). The van der Waals surface area contributed by atoms with E-state index in [1.54, 1.807) is 0 Å². The van der Waals surface area contributed by atoms with Gasteiger partial charge in [0.2, 0.25) is 0 Å². The fourth-order valence-corrected chi connectivity index (χ4v) is 2.87. The third-order valence-electron chi connectivity index (χ3n) is 3.56. The molecule has 1 N–H and O–H groups in total. The molecule has 1 aliphatic rings. The highest BCUT2D eigenvalue weighted by molar-refractivity contribution is 4.85. The van der Waals surface area contributed by atoms with Gasteiger partial charge in [-0.05, 0) is 45.3 Å². The molecule has 0 bridgehead atoms. The Kier molecular flexibility index (Phi) is 6.26. The molecule has 2 unspecified atom stereocenters. The van der Waals surface area contributed by atoms with Crippen molar-refractivity contribution in [3.63, 3.8) is 0 Å². The Bertz CT molecular complexity index is 147. The highest BCUT2D eigenvalue weighted by Crippen LogP contribution is 2.19. The van der Waals surface area contributed by atoms with E-state index in [-0.39, 0.29) is 0 Å². The molecular formula is C13H28N2. The summed E-state index contributed by atoms with van der Waals surface area (Å²) in [6.45, 7) is 10.6. The zero-order valence-electron chi connectivity index (χ0n) is 10.8. The van der Waals surface area contributed by atoms with E-state index in [1.807, 2.05) is 0 Å². The van der Waals surface area contributed by atoms with Crippen molar-refractivity contribution in [3.8, 4) is 0 Å². The molecule has 0 aromatic heterocycles. The summed E-state index contributed by atoms with van der Waals surface area (Å²) in [5.74, 6) is 0. The summed E-state index contributed by atoms with van der Waals surface area (Å²) in [4.78, 5) is 2.70. The Morgan fingerprint density at radius 3 is 2.27 bits per heavy atom. The monoisotopic (exact) mass is 212 g/mol. The minimum Gasteiger partial charge on any atom is -0.313 e. The topological polar surface area (TPSA) is 15.3 Å². The van der Waals surface area contributed by atoms with Crippen LogP contribution in [0.5, 0.6) is 0 Å². The molecule has 2 atom stereocenters. The van der Waals surface area contributed by atoms with Crippen molar-refractivity contribution in [1.29, 1.82) is 0 Å². The van der Waals surface area contributed by atoms with Gasteiger partial charge in [0.1, 0.15) is 0 Å². The van der Waals surface area contributed by atoms with E-state index in [2.05, 4.69) is 31.0 Å². The van der Waals surface area contributed by atoms with Crippen LogP contribution in [0.3, 0.4) is 0 Å². The van der Waals surface area contributed by atoms with Gasteiger partial charge in [0.15, 0.2) is 0 Å². The quantitative estimate of drug-likeness (QED) is 0.698. The van der Waals surface area contributed by atoms with Crippen molar-refractivity contribution >= 4 is 0 Å². The average Bonchev–Trinajstić information content (AvgIpc) is 2.73.